The van der Waals surface area contributed by atoms with E-state index >= 15 is 0 Å². The zero-order valence-corrected chi connectivity index (χ0v) is 10.4. The van der Waals surface area contributed by atoms with Crippen molar-refractivity contribution in [1.82, 2.24) is 15.1 Å². The van der Waals surface area contributed by atoms with Crippen LogP contribution in [-0.4, -0.2) is 61.7 Å². The van der Waals surface area contributed by atoms with Gasteiger partial charge in [0.05, 0.1) is 0 Å². The zero-order valence-electron chi connectivity index (χ0n) is 10.4. The number of hydrogen-bond acceptors (Lipinski definition) is 3. The van der Waals surface area contributed by atoms with E-state index in [1.165, 1.54) is 32.4 Å². The first-order valence-corrected chi connectivity index (χ1v) is 6.33. The highest BCUT2D eigenvalue weighted by atomic mass is 15.3. The summed E-state index contributed by atoms with van der Waals surface area (Å²) in [5.74, 6) is 0. The SMILES string of the molecule is CNCC1CN(C)C(C)CCN1C1CC1. The second-order valence-corrected chi connectivity index (χ2v) is 5.26. The van der Waals surface area contributed by atoms with Gasteiger partial charge in [-0.25, -0.2) is 0 Å². The predicted molar refractivity (Wildman–Crippen MR) is 64.2 cm³/mol. The average Bonchev–Trinajstić information content (AvgIpc) is 3.00. The van der Waals surface area contributed by atoms with Gasteiger partial charge in [0.15, 0.2) is 0 Å². The van der Waals surface area contributed by atoms with E-state index in [0.717, 1.165) is 24.7 Å². The summed E-state index contributed by atoms with van der Waals surface area (Å²) in [7, 11) is 4.34. The van der Waals surface area contributed by atoms with E-state index in [0.29, 0.717) is 0 Å². The lowest BCUT2D eigenvalue weighted by Gasteiger charge is -2.31. The van der Waals surface area contributed by atoms with Crippen LogP contribution in [0.3, 0.4) is 0 Å². The van der Waals surface area contributed by atoms with Crippen LogP contribution in [-0.2, 0) is 0 Å². The minimum Gasteiger partial charge on any atom is -0.318 e. The van der Waals surface area contributed by atoms with Crippen molar-refractivity contribution >= 4 is 0 Å². The van der Waals surface area contributed by atoms with E-state index in [-0.39, 0.29) is 0 Å². The molecule has 2 aliphatic rings. The van der Waals surface area contributed by atoms with Gasteiger partial charge in [-0.15, -0.1) is 0 Å². The number of likely N-dealkylation sites (N-methyl/N-ethyl adjacent to an activating group) is 2. The first-order chi connectivity index (χ1) is 7.22. The van der Waals surface area contributed by atoms with Crippen molar-refractivity contribution in [2.24, 2.45) is 0 Å². The summed E-state index contributed by atoms with van der Waals surface area (Å²) in [4.78, 5) is 5.26. The van der Waals surface area contributed by atoms with Gasteiger partial charge in [0.25, 0.3) is 0 Å². The number of rotatable bonds is 3. The van der Waals surface area contributed by atoms with Gasteiger partial charge in [-0.1, -0.05) is 0 Å². The topological polar surface area (TPSA) is 18.5 Å². The summed E-state index contributed by atoms with van der Waals surface area (Å²) >= 11 is 0. The maximum absolute atomic E-state index is 3.34. The largest absolute Gasteiger partial charge is 0.318 e. The Kier molecular flexibility index (Phi) is 3.65. The molecule has 1 aliphatic heterocycles. The predicted octanol–water partition coefficient (Wildman–Crippen LogP) is 0.763. The van der Waals surface area contributed by atoms with Crippen molar-refractivity contribution in [2.45, 2.75) is 44.3 Å². The van der Waals surface area contributed by atoms with Gasteiger partial charge in [-0.05, 0) is 40.3 Å². The third-order valence-electron chi connectivity index (χ3n) is 3.98. The minimum atomic E-state index is 0.720. The molecular formula is C12H25N3. The first kappa shape index (κ1) is 11.4. The third-order valence-corrected chi connectivity index (χ3v) is 3.98. The molecule has 2 atom stereocenters. The Morgan fingerprint density at radius 3 is 2.60 bits per heavy atom. The van der Waals surface area contributed by atoms with Gasteiger partial charge in [-0.2, -0.15) is 0 Å². The molecule has 88 valence electrons. The van der Waals surface area contributed by atoms with Crippen molar-refractivity contribution in [3.63, 3.8) is 0 Å². The van der Waals surface area contributed by atoms with Gasteiger partial charge in [0, 0.05) is 37.8 Å². The Balaban J connectivity index is 2.00. The summed E-state index contributed by atoms with van der Waals surface area (Å²) in [6, 6.07) is 2.37. The van der Waals surface area contributed by atoms with Crippen molar-refractivity contribution in [3.8, 4) is 0 Å². The van der Waals surface area contributed by atoms with Crippen molar-refractivity contribution in [3.05, 3.63) is 0 Å². The molecular weight excluding hydrogens is 186 g/mol. The van der Waals surface area contributed by atoms with Crippen LogP contribution in [0.2, 0.25) is 0 Å². The highest BCUT2D eigenvalue weighted by Crippen LogP contribution is 2.30. The summed E-state index contributed by atoms with van der Waals surface area (Å²) in [6.45, 7) is 6.00. The average molecular weight is 211 g/mol. The van der Waals surface area contributed by atoms with Crippen LogP contribution in [0, 0.1) is 0 Å². The highest BCUT2D eigenvalue weighted by molar-refractivity contribution is 4.93. The normalized spacial score (nSPS) is 35.4. The van der Waals surface area contributed by atoms with Gasteiger partial charge < -0.3 is 10.2 Å². The lowest BCUT2D eigenvalue weighted by atomic mass is 10.2. The fraction of sp³-hybridized carbons (Fsp3) is 1.00. The Morgan fingerprint density at radius 2 is 2.00 bits per heavy atom. The van der Waals surface area contributed by atoms with E-state index in [4.69, 9.17) is 0 Å². The molecule has 0 bridgehead atoms. The summed E-state index contributed by atoms with van der Waals surface area (Å²) in [6.07, 6.45) is 4.18. The second kappa shape index (κ2) is 4.81. The maximum Gasteiger partial charge on any atom is 0.0350 e. The molecule has 1 saturated heterocycles. The summed E-state index contributed by atoms with van der Waals surface area (Å²) in [5, 5.41) is 3.34. The fourth-order valence-electron chi connectivity index (χ4n) is 2.66. The molecule has 2 rings (SSSR count). The first-order valence-electron chi connectivity index (χ1n) is 6.33. The van der Waals surface area contributed by atoms with Crippen molar-refractivity contribution in [1.29, 1.82) is 0 Å². The summed E-state index contributed by atoms with van der Waals surface area (Å²) in [5.41, 5.74) is 0. The molecule has 3 nitrogen and oxygen atoms in total. The Morgan fingerprint density at radius 1 is 1.27 bits per heavy atom. The molecule has 1 N–H and O–H groups in total. The molecule has 1 saturated carbocycles. The van der Waals surface area contributed by atoms with E-state index < -0.39 is 0 Å². The van der Waals surface area contributed by atoms with Gasteiger partial charge >= 0.3 is 0 Å². The van der Waals surface area contributed by atoms with Crippen LogP contribution in [0.5, 0.6) is 0 Å². The molecule has 1 heterocycles. The highest BCUT2D eigenvalue weighted by Gasteiger charge is 2.36. The van der Waals surface area contributed by atoms with E-state index in [1.807, 2.05) is 0 Å². The van der Waals surface area contributed by atoms with E-state index in [1.54, 1.807) is 0 Å². The quantitative estimate of drug-likeness (QED) is 0.743. The van der Waals surface area contributed by atoms with Crippen LogP contribution in [0.4, 0.5) is 0 Å². The second-order valence-electron chi connectivity index (χ2n) is 5.26. The number of hydrogen-bond donors (Lipinski definition) is 1. The molecule has 0 aromatic carbocycles. The van der Waals surface area contributed by atoms with E-state index in [2.05, 4.69) is 36.1 Å². The lowest BCUT2D eigenvalue weighted by Crippen LogP contribution is -2.47. The van der Waals surface area contributed by atoms with E-state index in [9.17, 15) is 0 Å². The van der Waals surface area contributed by atoms with Crippen LogP contribution in [0.15, 0.2) is 0 Å². The third kappa shape index (κ3) is 2.71. The van der Waals surface area contributed by atoms with Gasteiger partial charge in [-0.3, -0.25) is 4.90 Å². The molecule has 0 spiro atoms. The molecule has 0 aromatic rings. The molecule has 0 radical (unpaired) electrons. The summed E-state index contributed by atoms with van der Waals surface area (Å²) < 4.78 is 0. The minimum absolute atomic E-state index is 0.720. The lowest BCUT2D eigenvalue weighted by molar-refractivity contribution is 0.173. The van der Waals surface area contributed by atoms with Gasteiger partial charge in [0.1, 0.15) is 0 Å². The molecule has 2 unspecified atom stereocenters. The maximum atomic E-state index is 3.34. The monoisotopic (exact) mass is 211 g/mol. The smallest absolute Gasteiger partial charge is 0.0350 e. The fourth-order valence-corrected chi connectivity index (χ4v) is 2.66. The number of nitrogens with zero attached hydrogens (tertiary/aromatic N) is 2. The van der Waals surface area contributed by atoms with Crippen LogP contribution < -0.4 is 5.32 Å². The van der Waals surface area contributed by atoms with Crippen LogP contribution >= 0.6 is 0 Å². The molecule has 15 heavy (non-hydrogen) atoms. The van der Waals surface area contributed by atoms with Crippen LogP contribution in [0.25, 0.3) is 0 Å². The Labute approximate surface area is 93.8 Å². The Bertz CT molecular complexity index is 203. The molecule has 0 aromatic heterocycles. The Hall–Kier alpha value is -0.120. The zero-order chi connectivity index (χ0) is 10.8. The van der Waals surface area contributed by atoms with Crippen molar-refractivity contribution in [2.75, 3.05) is 33.7 Å². The van der Waals surface area contributed by atoms with Crippen molar-refractivity contribution < 1.29 is 0 Å². The molecule has 3 heteroatoms. The standard InChI is InChI=1S/C12H25N3/c1-10-6-7-15(11-4-5-11)12(8-13-2)9-14(10)3/h10-13H,4-9H2,1-3H3. The number of nitrogens with one attached hydrogen (secondary N) is 1. The molecule has 1 aliphatic carbocycles. The van der Waals surface area contributed by atoms with Crippen LogP contribution in [0.1, 0.15) is 26.2 Å². The molecule has 2 fully saturated rings. The van der Waals surface area contributed by atoms with Gasteiger partial charge in [0.2, 0.25) is 0 Å². The molecule has 0 amide bonds.